The number of rotatable bonds is 7. The lowest BCUT2D eigenvalue weighted by atomic mass is 10.2. The maximum atomic E-state index is 4.29. The first-order chi connectivity index (χ1) is 11.2. The van der Waals surface area contributed by atoms with Crippen LogP contribution in [0.4, 0.5) is 0 Å². The summed E-state index contributed by atoms with van der Waals surface area (Å²) in [5, 5.41) is 6.79. The van der Waals surface area contributed by atoms with E-state index in [4.69, 9.17) is 0 Å². The first-order valence-corrected chi connectivity index (χ1v) is 9.40. The summed E-state index contributed by atoms with van der Waals surface area (Å²) in [6.07, 6.45) is 2.43. The van der Waals surface area contributed by atoms with Gasteiger partial charge in [-0.2, -0.15) is 0 Å². The van der Waals surface area contributed by atoms with E-state index < -0.39 is 0 Å². The van der Waals surface area contributed by atoms with E-state index in [0.29, 0.717) is 0 Å². The number of unbranched alkanes of at least 4 members (excludes halogenated alkanes) is 1. The Labute approximate surface area is 144 Å². The van der Waals surface area contributed by atoms with Crippen molar-refractivity contribution in [1.29, 1.82) is 0 Å². The van der Waals surface area contributed by atoms with Crippen molar-refractivity contribution in [2.45, 2.75) is 26.3 Å². The molecule has 1 aliphatic rings. The molecule has 0 radical (unpaired) electrons. The number of piperazine rings is 1. The van der Waals surface area contributed by atoms with E-state index in [0.717, 1.165) is 19.0 Å². The lowest BCUT2D eigenvalue weighted by Crippen LogP contribution is -2.44. The Bertz CT molecular complexity index is 477. The predicted octanol–water partition coefficient (Wildman–Crippen LogP) is 1.75. The van der Waals surface area contributed by atoms with Gasteiger partial charge in [-0.05, 0) is 45.5 Å². The van der Waals surface area contributed by atoms with Crippen LogP contribution in [-0.2, 0) is 6.54 Å². The molecular weight excluding hydrogens is 306 g/mol. The zero-order valence-electron chi connectivity index (χ0n) is 14.8. The molecule has 0 bridgehead atoms. The van der Waals surface area contributed by atoms with E-state index in [1.165, 1.54) is 55.3 Å². The standard InChI is InChI=1S/C17H31N5S/c1-15-6-7-16(23-15)14-20-17(18-2)19-8-4-5-9-22-12-10-21(3)11-13-22/h6-7H,4-5,8-14H2,1-3H3,(H2,18,19,20). The number of aryl methyl sites for hydroxylation is 1. The van der Waals surface area contributed by atoms with Crippen molar-refractivity contribution in [2.75, 3.05) is 53.4 Å². The number of hydrogen-bond acceptors (Lipinski definition) is 4. The summed E-state index contributed by atoms with van der Waals surface area (Å²) in [7, 11) is 4.04. The number of hydrogen-bond donors (Lipinski definition) is 2. The van der Waals surface area contributed by atoms with Crippen LogP contribution in [0.15, 0.2) is 17.1 Å². The van der Waals surface area contributed by atoms with Crippen molar-refractivity contribution >= 4 is 17.3 Å². The van der Waals surface area contributed by atoms with Crippen molar-refractivity contribution in [3.05, 3.63) is 21.9 Å². The van der Waals surface area contributed by atoms with Crippen molar-refractivity contribution in [1.82, 2.24) is 20.4 Å². The lowest BCUT2D eigenvalue weighted by Gasteiger charge is -2.32. The van der Waals surface area contributed by atoms with Gasteiger partial charge in [0.25, 0.3) is 0 Å². The summed E-state index contributed by atoms with van der Waals surface area (Å²) >= 11 is 1.83. The van der Waals surface area contributed by atoms with Gasteiger partial charge in [0.15, 0.2) is 5.96 Å². The van der Waals surface area contributed by atoms with Gasteiger partial charge in [0.2, 0.25) is 0 Å². The molecule has 1 saturated heterocycles. The number of likely N-dealkylation sites (N-methyl/N-ethyl adjacent to an activating group) is 1. The highest BCUT2D eigenvalue weighted by Crippen LogP contribution is 2.14. The van der Waals surface area contributed by atoms with E-state index >= 15 is 0 Å². The number of aliphatic imine (C=N–C) groups is 1. The Hall–Kier alpha value is -1.11. The van der Waals surface area contributed by atoms with Crippen LogP contribution in [-0.4, -0.2) is 69.1 Å². The van der Waals surface area contributed by atoms with Gasteiger partial charge < -0.3 is 20.4 Å². The third kappa shape index (κ3) is 6.89. The monoisotopic (exact) mass is 337 g/mol. The molecule has 2 N–H and O–H groups in total. The maximum Gasteiger partial charge on any atom is 0.191 e. The van der Waals surface area contributed by atoms with Gasteiger partial charge in [-0.15, -0.1) is 11.3 Å². The SMILES string of the molecule is CN=C(NCCCCN1CCN(C)CC1)NCc1ccc(C)s1. The van der Waals surface area contributed by atoms with E-state index in [2.05, 4.69) is 51.5 Å². The predicted molar refractivity (Wildman–Crippen MR) is 100 cm³/mol. The molecule has 0 amide bonds. The molecule has 0 saturated carbocycles. The average Bonchev–Trinajstić information content (AvgIpc) is 2.97. The van der Waals surface area contributed by atoms with Crippen molar-refractivity contribution in [2.24, 2.45) is 4.99 Å². The molecule has 1 aromatic rings. The van der Waals surface area contributed by atoms with Crippen molar-refractivity contribution < 1.29 is 0 Å². The normalized spacial score (nSPS) is 17.4. The maximum absolute atomic E-state index is 4.29. The fourth-order valence-electron chi connectivity index (χ4n) is 2.71. The summed E-state index contributed by atoms with van der Waals surface area (Å²) in [6, 6.07) is 4.34. The molecule has 0 aromatic carbocycles. The van der Waals surface area contributed by atoms with Crippen LogP contribution < -0.4 is 10.6 Å². The van der Waals surface area contributed by atoms with Crippen LogP contribution in [0.2, 0.25) is 0 Å². The molecule has 0 unspecified atom stereocenters. The van der Waals surface area contributed by atoms with Gasteiger partial charge in [0.1, 0.15) is 0 Å². The molecular formula is C17H31N5S. The molecule has 23 heavy (non-hydrogen) atoms. The van der Waals surface area contributed by atoms with E-state index in [1.807, 2.05) is 18.4 Å². The Balaban J connectivity index is 1.53. The summed E-state index contributed by atoms with van der Waals surface area (Å²) in [4.78, 5) is 12.0. The van der Waals surface area contributed by atoms with Crippen LogP contribution in [0.1, 0.15) is 22.6 Å². The molecule has 0 spiro atoms. The molecule has 2 heterocycles. The summed E-state index contributed by atoms with van der Waals surface area (Å²) < 4.78 is 0. The molecule has 1 aromatic heterocycles. The third-order valence-electron chi connectivity index (χ3n) is 4.24. The fourth-order valence-corrected chi connectivity index (χ4v) is 3.54. The summed E-state index contributed by atoms with van der Waals surface area (Å²) in [5.74, 6) is 0.899. The Morgan fingerprint density at radius 1 is 1.17 bits per heavy atom. The fraction of sp³-hybridized carbons (Fsp3) is 0.706. The molecule has 1 aliphatic heterocycles. The summed E-state index contributed by atoms with van der Waals surface area (Å²) in [6.45, 7) is 10.0. The number of guanidine groups is 1. The van der Waals surface area contributed by atoms with Crippen LogP contribution >= 0.6 is 11.3 Å². The highest BCUT2D eigenvalue weighted by molar-refractivity contribution is 7.11. The highest BCUT2D eigenvalue weighted by atomic mass is 32.1. The van der Waals surface area contributed by atoms with Gasteiger partial charge >= 0.3 is 0 Å². The minimum absolute atomic E-state index is 0.847. The second-order valence-corrected chi connectivity index (χ2v) is 7.59. The zero-order valence-corrected chi connectivity index (χ0v) is 15.6. The first-order valence-electron chi connectivity index (χ1n) is 8.58. The van der Waals surface area contributed by atoms with Gasteiger partial charge in [-0.3, -0.25) is 4.99 Å². The van der Waals surface area contributed by atoms with Crippen LogP contribution in [0.5, 0.6) is 0 Å². The molecule has 5 nitrogen and oxygen atoms in total. The number of thiophene rings is 1. The molecule has 1 fully saturated rings. The minimum Gasteiger partial charge on any atom is -0.356 e. The number of nitrogens with zero attached hydrogens (tertiary/aromatic N) is 3. The molecule has 0 atom stereocenters. The Kier molecular flexibility index (Phi) is 7.85. The topological polar surface area (TPSA) is 42.9 Å². The number of nitrogens with one attached hydrogen (secondary N) is 2. The van der Waals surface area contributed by atoms with Gasteiger partial charge in [-0.1, -0.05) is 0 Å². The van der Waals surface area contributed by atoms with Crippen LogP contribution in [0.3, 0.4) is 0 Å². The molecule has 130 valence electrons. The van der Waals surface area contributed by atoms with Crippen molar-refractivity contribution in [3.8, 4) is 0 Å². The van der Waals surface area contributed by atoms with Gasteiger partial charge in [0.05, 0.1) is 6.54 Å². The quantitative estimate of drug-likeness (QED) is 0.452. The molecule has 6 heteroatoms. The largest absolute Gasteiger partial charge is 0.356 e. The average molecular weight is 338 g/mol. The highest BCUT2D eigenvalue weighted by Gasteiger charge is 2.12. The first kappa shape index (κ1) is 18.2. The van der Waals surface area contributed by atoms with Gasteiger partial charge in [0, 0.05) is 49.5 Å². The zero-order chi connectivity index (χ0) is 16.5. The second-order valence-electron chi connectivity index (χ2n) is 6.22. The lowest BCUT2D eigenvalue weighted by molar-refractivity contribution is 0.152. The molecule has 0 aliphatic carbocycles. The molecule has 2 rings (SSSR count). The van der Waals surface area contributed by atoms with E-state index in [1.54, 1.807) is 0 Å². The third-order valence-corrected chi connectivity index (χ3v) is 5.24. The van der Waals surface area contributed by atoms with Crippen LogP contribution in [0.25, 0.3) is 0 Å². The Morgan fingerprint density at radius 2 is 1.96 bits per heavy atom. The van der Waals surface area contributed by atoms with Crippen molar-refractivity contribution in [3.63, 3.8) is 0 Å². The van der Waals surface area contributed by atoms with E-state index in [-0.39, 0.29) is 0 Å². The van der Waals surface area contributed by atoms with Crippen LogP contribution in [0, 0.1) is 6.92 Å². The van der Waals surface area contributed by atoms with E-state index in [9.17, 15) is 0 Å². The second kappa shape index (κ2) is 9.90. The smallest absolute Gasteiger partial charge is 0.191 e. The minimum atomic E-state index is 0.847. The Morgan fingerprint density at radius 3 is 2.61 bits per heavy atom. The van der Waals surface area contributed by atoms with Gasteiger partial charge in [-0.25, -0.2) is 0 Å². The summed E-state index contributed by atoms with van der Waals surface area (Å²) in [5.41, 5.74) is 0.